The van der Waals surface area contributed by atoms with Gasteiger partial charge >= 0.3 is 5.97 Å². The van der Waals surface area contributed by atoms with E-state index in [2.05, 4.69) is 0 Å². The fraction of sp³-hybridized carbons (Fsp3) is 0.417. The molecule has 1 atom stereocenters. The lowest BCUT2D eigenvalue weighted by Crippen LogP contribution is -2.36. The van der Waals surface area contributed by atoms with Gasteiger partial charge in [-0.1, -0.05) is 6.07 Å². The summed E-state index contributed by atoms with van der Waals surface area (Å²) in [5, 5.41) is 8.56. The summed E-state index contributed by atoms with van der Waals surface area (Å²) in [5.74, 6) is -2.21. The molecule has 1 rings (SSSR count). The zero-order chi connectivity index (χ0) is 13.7. The predicted molar refractivity (Wildman–Crippen MR) is 62.9 cm³/mol. The molecule has 4 nitrogen and oxygen atoms in total. The van der Waals surface area contributed by atoms with Crippen molar-refractivity contribution in [3.63, 3.8) is 0 Å². The number of hydrogen-bond donors (Lipinski definition) is 2. The second kappa shape index (κ2) is 6.42. The number of aliphatic carboxylic acids is 1. The van der Waals surface area contributed by atoms with Crippen molar-refractivity contribution in [2.75, 3.05) is 13.6 Å². The van der Waals surface area contributed by atoms with Crippen LogP contribution in [0.4, 0.5) is 8.78 Å². The molecular formula is C12H16F2N2O2. The van der Waals surface area contributed by atoms with E-state index in [4.69, 9.17) is 10.8 Å². The first-order chi connectivity index (χ1) is 8.38. The molecular weight excluding hydrogens is 242 g/mol. The molecule has 1 unspecified atom stereocenters. The largest absolute Gasteiger partial charge is 0.481 e. The van der Waals surface area contributed by atoms with Gasteiger partial charge in [0, 0.05) is 30.8 Å². The average molecular weight is 258 g/mol. The number of hydrogen-bond acceptors (Lipinski definition) is 3. The van der Waals surface area contributed by atoms with Gasteiger partial charge in [-0.3, -0.25) is 4.79 Å². The van der Waals surface area contributed by atoms with Gasteiger partial charge in [0.2, 0.25) is 0 Å². The number of likely N-dealkylation sites (N-methyl/N-ethyl adjacent to an activating group) is 1. The summed E-state index contributed by atoms with van der Waals surface area (Å²) < 4.78 is 26.1. The van der Waals surface area contributed by atoms with E-state index < -0.39 is 23.6 Å². The lowest BCUT2D eigenvalue weighted by molar-refractivity contribution is -0.137. The van der Waals surface area contributed by atoms with Crippen molar-refractivity contribution in [2.24, 2.45) is 5.73 Å². The molecule has 6 heteroatoms. The maximum Gasteiger partial charge on any atom is 0.304 e. The summed E-state index contributed by atoms with van der Waals surface area (Å²) >= 11 is 0. The van der Waals surface area contributed by atoms with E-state index in [1.165, 1.54) is 12.1 Å². The highest BCUT2D eigenvalue weighted by Crippen LogP contribution is 2.11. The second-order valence-electron chi connectivity index (χ2n) is 4.29. The maximum atomic E-state index is 13.4. The highest BCUT2D eigenvalue weighted by atomic mass is 19.1. The van der Waals surface area contributed by atoms with Crippen molar-refractivity contribution in [3.8, 4) is 0 Å². The Morgan fingerprint density at radius 1 is 1.50 bits per heavy atom. The molecule has 0 bridgehead atoms. The topological polar surface area (TPSA) is 66.6 Å². The van der Waals surface area contributed by atoms with Gasteiger partial charge in [-0.05, 0) is 13.1 Å². The van der Waals surface area contributed by atoms with E-state index in [0.29, 0.717) is 12.1 Å². The van der Waals surface area contributed by atoms with Gasteiger partial charge in [-0.2, -0.15) is 0 Å². The molecule has 0 aliphatic carbocycles. The first-order valence-corrected chi connectivity index (χ1v) is 5.48. The molecule has 0 saturated carbocycles. The third-order valence-electron chi connectivity index (χ3n) is 2.44. The Bertz CT molecular complexity index is 427. The molecule has 0 saturated heterocycles. The van der Waals surface area contributed by atoms with Crippen LogP contribution in [-0.2, 0) is 11.3 Å². The van der Waals surface area contributed by atoms with Gasteiger partial charge in [-0.15, -0.1) is 0 Å². The summed E-state index contributed by atoms with van der Waals surface area (Å²) in [7, 11) is 1.70. The van der Waals surface area contributed by atoms with E-state index in [1.54, 1.807) is 11.9 Å². The summed E-state index contributed by atoms with van der Waals surface area (Å²) in [6, 6.07) is 2.85. The van der Waals surface area contributed by atoms with Crippen molar-refractivity contribution < 1.29 is 18.7 Å². The van der Waals surface area contributed by atoms with Crippen LogP contribution in [0, 0.1) is 11.6 Å². The Labute approximate surface area is 104 Å². The van der Waals surface area contributed by atoms with Crippen LogP contribution in [0.1, 0.15) is 12.0 Å². The number of carbonyl (C=O) groups is 1. The molecule has 1 aromatic rings. The maximum absolute atomic E-state index is 13.4. The molecule has 100 valence electrons. The van der Waals surface area contributed by atoms with E-state index in [-0.39, 0.29) is 13.0 Å². The monoisotopic (exact) mass is 258 g/mol. The third kappa shape index (κ3) is 4.77. The Balaban J connectivity index is 2.53. The van der Waals surface area contributed by atoms with Crippen molar-refractivity contribution in [1.29, 1.82) is 0 Å². The van der Waals surface area contributed by atoms with Crippen molar-refractivity contribution in [1.82, 2.24) is 4.90 Å². The zero-order valence-electron chi connectivity index (χ0n) is 10.1. The van der Waals surface area contributed by atoms with Crippen LogP contribution in [-0.4, -0.2) is 35.6 Å². The van der Waals surface area contributed by atoms with Gasteiger partial charge in [0.25, 0.3) is 0 Å². The first kappa shape index (κ1) is 14.5. The Morgan fingerprint density at radius 3 is 2.72 bits per heavy atom. The van der Waals surface area contributed by atoms with Crippen LogP contribution in [0.25, 0.3) is 0 Å². The Hall–Kier alpha value is -1.53. The van der Waals surface area contributed by atoms with Gasteiger partial charge in [0.1, 0.15) is 11.6 Å². The predicted octanol–water partition coefficient (Wildman–Crippen LogP) is 1.20. The molecule has 18 heavy (non-hydrogen) atoms. The Kier molecular flexibility index (Phi) is 5.18. The van der Waals surface area contributed by atoms with Gasteiger partial charge in [0.15, 0.2) is 0 Å². The average Bonchev–Trinajstić information content (AvgIpc) is 2.20. The molecule has 0 amide bonds. The number of rotatable bonds is 6. The summed E-state index contributed by atoms with van der Waals surface area (Å²) in [4.78, 5) is 12.1. The van der Waals surface area contributed by atoms with E-state index in [1.807, 2.05) is 0 Å². The van der Waals surface area contributed by atoms with Gasteiger partial charge in [-0.25, -0.2) is 8.78 Å². The quantitative estimate of drug-likeness (QED) is 0.804. The van der Waals surface area contributed by atoms with Crippen LogP contribution in [0.2, 0.25) is 0 Å². The number of nitrogens with two attached hydrogens (primary N) is 1. The first-order valence-electron chi connectivity index (χ1n) is 5.48. The number of carboxylic acid groups (broad SMARTS) is 1. The third-order valence-corrected chi connectivity index (χ3v) is 2.44. The molecule has 0 spiro atoms. The van der Waals surface area contributed by atoms with Crippen molar-refractivity contribution in [3.05, 3.63) is 35.4 Å². The van der Waals surface area contributed by atoms with Crippen molar-refractivity contribution >= 4 is 5.97 Å². The molecule has 0 heterocycles. The smallest absolute Gasteiger partial charge is 0.304 e. The molecule has 0 fully saturated rings. The minimum absolute atomic E-state index is 0.143. The van der Waals surface area contributed by atoms with Crippen LogP contribution in [0.3, 0.4) is 0 Å². The minimum atomic E-state index is -0.969. The summed E-state index contributed by atoms with van der Waals surface area (Å²) in [5.41, 5.74) is 5.96. The number of nitrogens with zero attached hydrogens (tertiary/aromatic N) is 1. The van der Waals surface area contributed by atoms with Crippen LogP contribution in [0.15, 0.2) is 18.2 Å². The van der Waals surface area contributed by atoms with Crippen LogP contribution >= 0.6 is 0 Å². The van der Waals surface area contributed by atoms with Gasteiger partial charge in [0.05, 0.1) is 6.42 Å². The minimum Gasteiger partial charge on any atom is -0.481 e. The number of carboxylic acids is 1. The lowest BCUT2D eigenvalue weighted by atomic mass is 10.1. The number of benzene rings is 1. The van der Waals surface area contributed by atoms with Crippen LogP contribution in [0.5, 0.6) is 0 Å². The molecule has 0 radical (unpaired) electrons. The molecule has 3 N–H and O–H groups in total. The standard InChI is InChI=1S/C12H16F2N2O2/c1-16(7-10(15)5-12(17)18)6-8-2-3-9(13)4-11(8)14/h2-4,10H,5-7,15H2,1H3,(H,17,18). The van der Waals surface area contributed by atoms with E-state index >= 15 is 0 Å². The fourth-order valence-corrected chi connectivity index (χ4v) is 1.69. The Morgan fingerprint density at radius 2 is 2.17 bits per heavy atom. The van der Waals surface area contributed by atoms with E-state index in [9.17, 15) is 13.6 Å². The van der Waals surface area contributed by atoms with Crippen LogP contribution < -0.4 is 5.73 Å². The van der Waals surface area contributed by atoms with E-state index in [0.717, 1.165) is 6.07 Å². The highest BCUT2D eigenvalue weighted by molar-refractivity contribution is 5.67. The highest BCUT2D eigenvalue weighted by Gasteiger charge is 2.12. The molecule has 0 aliphatic rings. The zero-order valence-corrected chi connectivity index (χ0v) is 10.1. The summed E-state index contributed by atoms with van der Waals surface area (Å²) in [6.07, 6.45) is -0.143. The molecule has 1 aromatic carbocycles. The number of halogens is 2. The SMILES string of the molecule is CN(Cc1ccc(F)cc1F)CC(N)CC(=O)O. The normalized spacial score (nSPS) is 12.7. The summed E-state index contributed by atoms with van der Waals surface area (Å²) in [6.45, 7) is 0.572. The molecule has 0 aromatic heterocycles. The molecule has 0 aliphatic heterocycles. The lowest BCUT2D eigenvalue weighted by Gasteiger charge is -2.20. The van der Waals surface area contributed by atoms with Gasteiger partial charge < -0.3 is 15.7 Å². The second-order valence-corrected chi connectivity index (χ2v) is 4.29. The van der Waals surface area contributed by atoms with Crippen molar-refractivity contribution in [2.45, 2.75) is 19.0 Å². The fourth-order valence-electron chi connectivity index (χ4n) is 1.69.